The summed E-state index contributed by atoms with van der Waals surface area (Å²) in [7, 11) is 0.903. The highest BCUT2D eigenvalue weighted by Gasteiger charge is 1.74. The molecule has 0 bridgehead atoms. The summed E-state index contributed by atoms with van der Waals surface area (Å²) in [5.74, 6) is 0. The first-order valence-corrected chi connectivity index (χ1v) is 3.22. The molecule has 0 rings (SSSR count). The third kappa shape index (κ3) is 10.7. The molecule has 3 heteroatoms. The lowest BCUT2D eigenvalue weighted by atomic mass is 10.4. The van der Waals surface area contributed by atoms with Crippen molar-refractivity contribution in [3.05, 3.63) is 0 Å². The van der Waals surface area contributed by atoms with Crippen LogP contribution in [0.15, 0.2) is 0 Å². The lowest BCUT2D eigenvalue weighted by Gasteiger charge is -1.90. The minimum atomic E-state index is 0. The molecule has 0 amide bonds. The van der Waals surface area contributed by atoms with Crippen LogP contribution in [0.5, 0.6) is 0 Å². The van der Waals surface area contributed by atoms with Gasteiger partial charge in [-0.15, -0.1) is 0 Å². The van der Waals surface area contributed by atoms with E-state index in [1.165, 1.54) is 12.8 Å². The molecule has 2 nitrogen and oxygen atoms in total. The van der Waals surface area contributed by atoms with Crippen LogP contribution in [0, 0.1) is 0 Å². The zero-order chi connectivity index (χ0) is 4.83. The Kier molecular flexibility index (Phi) is 13.8. The fourth-order valence-corrected chi connectivity index (χ4v) is 0.577. The number of hydrogen-bond donors (Lipinski definition) is 0. The Hall–Kier alpha value is 0.137. The van der Waals surface area contributed by atoms with Crippen molar-refractivity contribution in [2.45, 2.75) is 19.8 Å². The Morgan fingerprint density at radius 1 is 1.57 bits per heavy atom. The highest BCUT2D eigenvalue weighted by atomic mass is 28.2. The normalized spacial score (nSPS) is 8.14. The number of hydrogen-bond acceptors (Lipinski definition) is 1. The van der Waals surface area contributed by atoms with Crippen molar-refractivity contribution in [1.29, 1.82) is 0 Å². The van der Waals surface area contributed by atoms with E-state index in [-0.39, 0.29) is 5.48 Å². The van der Waals surface area contributed by atoms with Crippen LogP contribution in [0.3, 0.4) is 0 Å². The molecule has 0 unspecified atom stereocenters. The first-order valence-electron chi connectivity index (χ1n) is 2.40. The van der Waals surface area contributed by atoms with Crippen LogP contribution in [-0.2, 0) is 4.43 Å². The summed E-state index contributed by atoms with van der Waals surface area (Å²) in [6, 6.07) is 0. The minimum Gasteiger partial charge on any atom is -0.428 e. The maximum absolute atomic E-state index is 4.92. The molecule has 0 atom stereocenters. The van der Waals surface area contributed by atoms with E-state index in [0.29, 0.717) is 0 Å². The van der Waals surface area contributed by atoms with E-state index >= 15 is 0 Å². The second-order valence-electron chi connectivity index (χ2n) is 1.35. The maximum Gasteiger partial charge on any atom is 0.145 e. The summed E-state index contributed by atoms with van der Waals surface area (Å²) in [6.45, 7) is 3.14. The zero-order valence-electron chi connectivity index (χ0n) is 5.03. The quantitative estimate of drug-likeness (QED) is 0.359. The molecule has 2 N–H and O–H groups in total. The maximum atomic E-state index is 4.92. The van der Waals surface area contributed by atoms with Gasteiger partial charge in [0, 0.05) is 6.61 Å². The van der Waals surface area contributed by atoms with Gasteiger partial charge in [0.05, 0.1) is 0 Å². The molecule has 0 spiro atoms. The topological polar surface area (TPSA) is 40.7 Å². The van der Waals surface area contributed by atoms with Crippen LogP contribution in [0.1, 0.15) is 19.8 Å². The molecule has 0 aliphatic carbocycles. The van der Waals surface area contributed by atoms with Crippen molar-refractivity contribution in [3.8, 4) is 0 Å². The van der Waals surface area contributed by atoms with Crippen LogP contribution < -0.4 is 0 Å². The van der Waals surface area contributed by atoms with Crippen LogP contribution >= 0.6 is 0 Å². The monoisotopic (exact) mass is 122 g/mol. The Morgan fingerprint density at radius 3 is 2.29 bits per heavy atom. The molecular formula is C4H14O2Si. The fourth-order valence-electron chi connectivity index (χ4n) is 0.289. The molecule has 0 aromatic carbocycles. The van der Waals surface area contributed by atoms with Gasteiger partial charge in [0.2, 0.25) is 0 Å². The molecular weight excluding hydrogens is 108 g/mol. The lowest BCUT2D eigenvalue weighted by Crippen LogP contribution is -1.85. The standard InChI is InChI=1S/C4H12OSi.H2O/c1-2-3-4-5-6;/h2-4H2,1,6H3;1H2. The summed E-state index contributed by atoms with van der Waals surface area (Å²) in [4.78, 5) is 0. The number of rotatable bonds is 3. The van der Waals surface area contributed by atoms with Crippen LogP contribution in [-0.4, -0.2) is 22.6 Å². The van der Waals surface area contributed by atoms with Gasteiger partial charge < -0.3 is 9.90 Å². The predicted octanol–water partition coefficient (Wildman–Crippen LogP) is -0.741. The van der Waals surface area contributed by atoms with Gasteiger partial charge in [0.1, 0.15) is 10.5 Å². The average molecular weight is 122 g/mol. The van der Waals surface area contributed by atoms with Gasteiger partial charge in [0.15, 0.2) is 0 Å². The van der Waals surface area contributed by atoms with Gasteiger partial charge in [-0.05, 0) is 6.42 Å². The molecule has 46 valence electrons. The van der Waals surface area contributed by atoms with E-state index in [0.717, 1.165) is 17.1 Å². The molecule has 0 saturated heterocycles. The van der Waals surface area contributed by atoms with Crippen molar-refractivity contribution < 1.29 is 9.90 Å². The van der Waals surface area contributed by atoms with E-state index < -0.39 is 0 Å². The second-order valence-corrected chi connectivity index (χ2v) is 1.92. The van der Waals surface area contributed by atoms with Crippen molar-refractivity contribution >= 4 is 10.5 Å². The fraction of sp³-hybridized carbons (Fsp3) is 1.00. The predicted molar refractivity (Wildman–Crippen MR) is 34.4 cm³/mol. The van der Waals surface area contributed by atoms with Crippen LogP contribution in [0.2, 0.25) is 0 Å². The molecule has 0 saturated carbocycles. The van der Waals surface area contributed by atoms with Crippen molar-refractivity contribution in [3.63, 3.8) is 0 Å². The summed E-state index contributed by atoms with van der Waals surface area (Å²) >= 11 is 0. The van der Waals surface area contributed by atoms with Gasteiger partial charge in [0.25, 0.3) is 0 Å². The van der Waals surface area contributed by atoms with E-state index in [1.807, 2.05) is 0 Å². The van der Waals surface area contributed by atoms with E-state index in [4.69, 9.17) is 4.43 Å². The molecule has 0 aliphatic heterocycles. The highest BCUT2D eigenvalue weighted by molar-refractivity contribution is 5.97. The molecule has 0 heterocycles. The molecule has 0 radical (unpaired) electrons. The molecule has 0 aromatic heterocycles. The smallest absolute Gasteiger partial charge is 0.145 e. The SMILES string of the molecule is CCCCO[SiH3].O. The third-order valence-corrected chi connectivity index (χ3v) is 1.11. The minimum absolute atomic E-state index is 0. The zero-order valence-corrected chi connectivity index (χ0v) is 7.03. The Labute approximate surface area is 47.7 Å². The number of unbranched alkanes of at least 4 members (excludes halogenated alkanes) is 1. The van der Waals surface area contributed by atoms with Gasteiger partial charge in [-0.25, -0.2) is 0 Å². The second kappa shape index (κ2) is 9.46. The molecule has 7 heavy (non-hydrogen) atoms. The van der Waals surface area contributed by atoms with E-state index in [2.05, 4.69) is 6.92 Å². The van der Waals surface area contributed by atoms with E-state index in [1.54, 1.807) is 0 Å². The van der Waals surface area contributed by atoms with Crippen molar-refractivity contribution in [1.82, 2.24) is 0 Å². The largest absolute Gasteiger partial charge is 0.428 e. The van der Waals surface area contributed by atoms with Crippen molar-refractivity contribution in [2.24, 2.45) is 0 Å². The van der Waals surface area contributed by atoms with Gasteiger partial charge >= 0.3 is 0 Å². The molecule has 0 aliphatic rings. The molecule has 0 aromatic rings. The first-order chi connectivity index (χ1) is 2.91. The third-order valence-electron chi connectivity index (χ3n) is 0.702. The van der Waals surface area contributed by atoms with E-state index in [9.17, 15) is 0 Å². The lowest BCUT2D eigenvalue weighted by molar-refractivity contribution is 0.339. The summed E-state index contributed by atoms with van der Waals surface area (Å²) < 4.78 is 4.92. The molecule has 0 fully saturated rings. The van der Waals surface area contributed by atoms with Crippen molar-refractivity contribution in [2.75, 3.05) is 6.61 Å². The first kappa shape index (κ1) is 10.2. The highest BCUT2D eigenvalue weighted by Crippen LogP contribution is 1.82. The Morgan fingerprint density at radius 2 is 2.14 bits per heavy atom. The van der Waals surface area contributed by atoms with Gasteiger partial charge in [-0.1, -0.05) is 13.3 Å². The Bertz CT molecular complexity index is 21.7. The summed E-state index contributed by atoms with van der Waals surface area (Å²) in [5, 5.41) is 0. The average Bonchev–Trinajstić information content (AvgIpc) is 1.61. The summed E-state index contributed by atoms with van der Waals surface area (Å²) in [5.41, 5.74) is 0. The van der Waals surface area contributed by atoms with Crippen LogP contribution in [0.25, 0.3) is 0 Å². The summed E-state index contributed by atoms with van der Waals surface area (Å²) in [6.07, 6.45) is 2.48. The van der Waals surface area contributed by atoms with Gasteiger partial charge in [-0.2, -0.15) is 0 Å². The Balaban J connectivity index is 0. The van der Waals surface area contributed by atoms with Crippen LogP contribution in [0.4, 0.5) is 0 Å². The van der Waals surface area contributed by atoms with Gasteiger partial charge in [-0.3, -0.25) is 0 Å².